The van der Waals surface area contributed by atoms with E-state index in [0.717, 1.165) is 0 Å². The molecule has 0 radical (unpaired) electrons. The summed E-state index contributed by atoms with van der Waals surface area (Å²) in [6, 6.07) is 9.87. The van der Waals surface area contributed by atoms with Crippen LogP contribution in [0.25, 0.3) is 0 Å². The Morgan fingerprint density at radius 2 is 1.42 bits per heavy atom. The molecule has 0 bridgehead atoms. The third-order valence-corrected chi connectivity index (χ3v) is 3.32. The van der Waals surface area contributed by atoms with Crippen LogP contribution in [0.5, 0.6) is 23.0 Å². The van der Waals surface area contributed by atoms with Gasteiger partial charge in [0, 0.05) is 6.07 Å². The van der Waals surface area contributed by atoms with Crippen LogP contribution in [0.2, 0.25) is 0 Å². The highest BCUT2D eigenvalue weighted by Crippen LogP contribution is 2.34. The second-order valence-corrected chi connectivity index (χ2v) is 4.68. The van der Waals surface area contributed by atoms with Crippen molar-refractivity contribution < 1.29 is 23.7 Å². The second-order valence-electron chi connectivity index (χ2n) is 4.68. The van der Waals surface area contributed by atoms with Crippen LogP contribution < -0.4 is 29.6 Å². The van der Waals surface area contributed by atoms with Gasteiger partial charge >= 0.3 is 6.03 Å². The van der Waals surface area contributed by atoms with Crippen molar-refractivity contribution in [1.82, 2.24) is 0 Å². The molecule has 2 amide bonds. The zero-order valence-electron chi connectivity index (χ0n) is 14.0. The van der Waals surface area contributed by atoms with Gasteiger partial charge in [-0.3, -0.25) is 0 Å². The molecule has 0 saturated heterocycles. The fraction of sp³-hybridized carbons (Fsp3) is 0.235. The number of carbonyl (C=O) groups excluding carboxylic acids is 1. The molecule has 0 saturated carbocycles. The minimum atomic E-state index is -0.457. The van der Waals surface area contributed by atoms with Crippen molar-refractivity contribution in [2.75, 3.05) is 39.1 Å². The molecular formula is C17H20N2O5. The zero-order valence-corrected chi connectivity index (χ0v) is 14.0. The number of anilines is 2. The molecule has 7 heteroatoms. The number of amides is 2. The molecule has 0 fully saturated rings. The Morgan fingerprint density at radius 1 is 0.792 bits per heavy atom. The third kappa shape index (κ3) is 3.81. The molecule has 0 spiro atoms. The van der Waals surface area contributed by atoms with E-state index in [1.165, 1.54) is 21.3 Å². The lowest BCUT2D eigenvalue weighted by molar-refractivity contribution is 0.261. The fourth-order valence-corrected chi connectivity index (χ4v) is 2.14. The minimum absolute atomic E-state index is 0.437. The van der Waals surface area contributed by atoms with Gasteiger partial charge in [-0.05, 0) is 24.3 Å². The van der Waals surface area contributed by atoms with Gasteiger partial charge in [-0.2, -0.15) is 0 Å². The number of methoxy groups -OCH3 is 4. The first-order valence-corrected chi connectivity index (χ1v) is 7.14. The summed E-state index contributed by atoms with van der Waals surface area (Å²) in [5.74, 6) is 2.10. The summed E-state index contributed by atoms with van der Waals surface area (Å²) in [6.45, 7) is 0. The van der Waals surface area contributed by atoms with Gasteiger partial charge in [-0.25, -0.2) is 4.79 Å². The molecule has 7 nitrogen and oxygen atoms in total. The smallest absolute Gasteiger partial charge is 0.323 e. The Hall–Kier alpha value is -3.09. The van der Waals surface area contributed by atoms with Crippen LogP contribution in [-0.4, -0.2) is 34.5 Å². The largest absolute Gasteiger partial charge is 0.497 e. The maximum atomic E-state index is 12.3. The summed E-state index contributed by atoms with van der Waals surface area (Å²) in [5, 5.41) is 5.44. The molecule has 0 aromatic heterocycles. The summed E-state index contributed by atoms with van der Waals surface area (Å²) in [5.41, 5.74) is 0.942. The lowest BCUT2D eigenvalue weighted by atomic mass is 10.2. The molecule has 0 atom stereocenters. The predicted octanol–water partition coefficient (Wildman–Crippen LogP) is 3.37. The molecule has 2 aromatic carbocycles. The van der Waals surface area contributed by atoms with E-state index in [9.17, 15) is 4.79 Å². The molecule has 2 rings (SSSR count). The molecule has 128 valence electrons. The van der Waals surface area contributed by atoms with Gasteiger partial charge < -0.3 is 29.6 Å². The van der Waals surface area contributed by atoms with Crippen LogP contribution in [0.15, 0.2) is 36.4 Å². The van der Waals surface area contributed by atoms with Crippen molar-refractivity contribution in [2.24, 2.45) is 0 Å². The van der Waals surface area contributed by atoms with Crippen LogP contribution in [0.4, 0.5) is 16.2 Å². The van der Waals surface area contributed by atoms with Crippen molar-refractivity contribution in [1.29, 1.82) is 0 Å². The molecule has 2 N–H and O–H groups in total. The SMILES string of the molecule is COc1ccc(NC(=O)Nc2c(OC)cccc2OC)c(OC)c1. The number of hydrogen-bond donors (Lipinski definition) is 2. The fourth-order valence-electron chi connectivity index (χ4n) is 2.14. The number of rotatable bonds is 6. The van der Waals surface area contributed by atoms with Gasteiger partial charge in [0.15, 0.2) is 0 Å². The molecule has 2 aromatic rings. The molecular weight excluding hydrogens is 312 g/mol. The topological polar surface area (TPSA) is 78.1 Å². The van der Waals surface area contributed by atoms with E-state index in [0.29, 0.717) is 34.4 Å². The number of hydrogen-bond acceptors (Lipinski definition) is 5. The second kappa shape index (κ2) is 7.96. The van der Waals surface area contributed by atoms with Gasteiger partial charge in [-0.15, -0.1) is 0 Å². The first-order chi connectivity index (χ1) is 11.6. The molecule has 0 aliphatic carbocycles. The summed E-state index contributed by atoms with van der Waals surface area (Å²) >= 11 is 0. The van der Waals surface area contributed by atoms with E-state index >= 15 is 0 Å². The Morgan fingerprint density at radius 3 is 1.96 bits per heavy atom. The van der Waals surface area contributed by atoms with Crippen molar-refractivity contribution in [2.45, 2.75) is 0 Å². The predicted molar refractivity (Wildman–Crippen MR) is 91.7 cm³/mol. The lowest BCUT2D eigenvalue weighted by Crippen LogP contribution is -2.20. The molecule has 0 aliphatic rings. The summed E-state index contributed by atoms with van der Waals surface area (Å²) in [7, 11) is 6.11. The maximum Gasteiger partial charge on any atom is 0.323 e. The minimum Gasteiger partial charge on any atom is -0.497 e. The van der Waals surface area contributed by atoms with Gasteiger partial charge in [0.1, 0.15) is 28.7 Å². The average molecular weight is 332 g/mol. The van der Waals surface area contributed by atoms with Crippen LogP contribution in [0.1, 0.15) is 0 Å². The van der Waals surface area contributed by atoms with Gasteiger partial charge in [0.05, 0.1) is 34.1 Å². The highest BCUT2D eigenvalue weighted by molar-refractivity contribution is 6.02. The summed E-state index contributed by atoms with van der Waals surface area (Å²) in [6.07, 6.45) is 0. The monoisotopic (exact) mass is 332 g/mol. The van der Waals surface area contributed by atoms with E-state index < -0.39 is 6.03 Å². The molecule has 0 aliphatic heterocycles. The van der Waals surface area contributed by atoms with Crippen molar-refractivity contribution in [3.8, 4) is 23.0 Å². The van der Waals surface area contributed by atoms with Crippen LogP contribution >= 0.6 is 0 Å². The van der Waals surface area contributed by atoms with Gasteiger partial charge in [0.25, 0.3) is 0 Å². The molecule has 0 heterocycles. The number of ether oxygens (including phenoxy) is 4. The van der Waals surface area contributed by atoms with Crippen LogP contribution in [0, 0.1) is 0 Å². The highest BCUT2D eigenvalue weighted by atomic mass is 16.5. The normalized spacial score (nSPS) is 9.83. The first-order valence-electron chi connectivity index (χ1n) is 7.14. The van der Waals surface area contributed by atoms with E-state index in [1.807, 2.05) is 0 Å². The Bertz CT molecular complexity index is 696. The quantitative estimate of drug-likeness (QED) is 0.848. The number of nitrogens with one attached hydrogen (secondary N) is 2. The standard InChI is InChI=1S/C17H20N2O5/c1-21-11-8-9-12(15(10-11)24-4)18-17(20)19-16-13(22-2)6-5-7-14(16)23-3/h5-10H,1-4H3,(H2,18,19,20). The summed E-state index contributed by atoms with van der Waals surface area (Å²) < 4.78 is 20.9. The average Bonchev–Trinajstić information content (AvgIpc) is 2.62. The van der Waals surface area contributed by atoms with Crippen molar-refractivity contribution >= 4 is 17.4 Å². The van der Waals surface area contributed by atoms with Crippen molar-refractivity contribution in [3.05, 3.63) is 36.4 Å². The molecule has 24 heavy (non-hydrogen) atoms. The van der Waals surface area contributed by atoms with E-state index in [4.69, 9.17) is 18.9 Å². The number of urea groups is 1. The highest BCUT2D eigenvalue weighted by Gasteiger charge is 2.14. The Balaban J connectivity index is 2.20. The number of para-hydroxylation sites is 1. The van der Waals surface area contributed by atoms with Crippen molar-refractivity contribution in [3.63, 3.8) is 0 Å². The number of carbonyl (C=O) groups is 1. The maximum absolute atomic E-state index is 12.3. The number of benzene rings is 2. The van der Waals surface area contributed by atoms with Crippen LogP contribution in [-0.2, 0) is 0 Å². The molecule has 0 unspecified atom stereocenters. The van der Waals surface area contributed by atoms with E-state index in [-0.39, 0.29) is 0 Å². The lowest BCUT2D eigenvalue weighted by Gasteiger charge is -2.15. The first kappa shape index (κ1) is 17.3. The van der Waals surface area contributed by atoms with E-state index in [2.05, 4.69) is 10.6 Å². The Kier molecular flexibility index (Phi) is 5.73. The summed E-state index contributed by atoms with van der Waals surface area (Å²) in [4.78, 5) is 12.3. The van der Waals surface area contributed by atoms with Gasteiger partial charge in [-0.1, -0.05) is 6.07 Å². The van der Waals surface area contributed by atoms with Gasteiger partial charge in [0.2, 0.25) is 0 Å². The van der Waals surface area contributed by atoms with E-state index in [1.54, 1.807) is 43.5 Å². The van der Waals surface area contributed by atoms with Crippen LogP contribution in [0.3, 0.4) is 0 Å². The Labute approximate surface area is 140 Å². The zero-order chi connectivity index (χ0) is 17.5. The third-order valence-electron chi connectivity index (χ3n) is 3.32.